The highest BCUT2D eigenvalue weighted by Gasteiger charge is 2.23. The maximum atomic E-state index is 3.84. The number of fused-ring (bicyclic) bond motifs is 1. The summed E-state index contributed by atoms with van der Waals surface area (Å²) >= 11 is 7.46. The van der Waals surface area contributed by atoms with Crippen molar-refractivity contribution in [3.05, 3.63) is 42.2 Å². The molecule has 0 spiro atoms. The molecule has 2 atom stereocenters. The van der Waals surface area contributed by atoms with Crippen molar-refractivity contribution in [2.75, 3.05) is 0 Å². The van der Waals surface area contributed by atoms with Crippen LogP contribution < -0.4 is 5.32 Å². The molecule has 1 aliphatic rings. The van der Waals surface area contributed by atoms with E-state index in [1.807, 2.05) is 22.7 Å². The average Bonchev–Trinajstić information content (AvgIpc) is 2.95. The van der Waals surface area contributed by atoms with Gasteiger partial charge in [-0.2, -0.15) is 0 Å². The van der Waals surface area contributed by atoms with Crippen LogP contribution in [0.5, 0.6) is 0 Å². The number of rotatable bonds is 4. The monoisotopic (exact) mass is 369 g/mol. The molecule has 4 heteroatoms. The van der Waals surface area contributed by atoms with Gasteiger partial charge >= 0.3 is 0 Å². The van der Waals surface area contributed by atoms with Crippen LogP contribution in [0.2, 0.25) is 0 Å². The molecule has 0 fully saturated rings. The lowest BCUT2D eigenvalue weighted by Crippen LogP contribution is -2.33. The molecule has 0 saturated carbocycles. The largest absolute Gasteiger partial charge is 0.307 e. The van der Waals surface area contributed by atoms with E-state index in [9.17, 15) is 0 Å². The van der Waals surface area contributed by atoms with Gasteiger partial charge in [-0.15, -0.1) is 22.7 Å². The molecule has 2 heterocycles. The first-order valence-corrected chi connectivity index (χ1v) is 9.64. The van der Waals surface area contributed by atoms with Gasteiger partial charge < -0.3 is 5.32 Å². The Morgan fingerprint density at radius 1 is 1.40 bits per heavy atom. The number of hydrogen-bond acceptors (Lipinski definition) is 3. The molecule has 108 valence electrons. The molecular formula is C16H20BrNS2. The summed E-state index contributed by atoms with van der Waals surface area (Å²) in [5, 5.41) is 3.84. The highest BCUT2D eigenvalue weighted by atomic mass is 79.9. The summed E-state index contributed by atoms with van der Waals surface area (Å²) in [5.74, 6) is 0. The van der Waals surface area contributed by atoms with E-state index < -0.39 is 0 Å². The second kappa shape index (κ2) is 6.30. The van der Waals surface area contributed by atoms with E-state index in [1.165, 1.54) is 38.4 Å². The van der Waals surface area contributed by atoms with Gasteiger partial charge in [-0.1, -0.05) is 0 Å². The maximum Gasteiger partial charge on any atom is 0.0704 e. The molecule has 2 aromatic heterocycles. The number of nitrogens with one attached hydrogen (secondary N) is 1. The van der Waals surface area contributed by atoms with E-state index in [1.54, 1.807) is 4.88 Å². The fourth-order valence-corrected chi connectivity index (χ4v) is 5.83. The number of hydrogen-bond donors (Lipinski definition) is 1. The van der Waals surface area contributed by atoms with E-state index in [0.717, 1.165) is 6.42 Å². The van der Waals surface area contributed by atoms with Gasteiger partial charge in [0.2, 0.25) is 0 Å². The Balaban J connectivity index is 1.66. The van der Waals surface area contributed by atoms with Crippen LogP contribution in [0.25, 0.3) is 0 Å². The van der Waals surface area contributed by atoms with E-state index in [4.69, 9.17) is 0 Å². The van der Waals surface area contributed by atoms with Crippen molar-refractivity contribution in [3.8, 4) is 0 Å². The van der Waals surface area contributed by atoms with Crippen molar-refractivity contribution in [2.24, 2.45) is 0 Å². The van der Waals surface area contributed by atoms with Gasteiger partial charge in [0, 0.05) is 26.7 Å². The predicted octanol–water partition coefficient (Wildman–Crippen LogP) is 5.48. The molecule has 1 aliphatic carbocycles. The molecule has 0 aliphatic heterocycles. The molecule has 0 saturated heterocycles. The normalized spacial score (nSPS) is 19.9. The predicted molar refractivity (Wildman–Crippen MR) is 93.1 cm³/mol. The van der Waals surface area contributed by atoms with E-state index in [2.05, 4.69) is 53.3 Å². The summed E-state index contributed by atoms with van der Waals surface area (Å²) in [4.78, 5) is 4.47. The van der Waals surface area contributed by atoms with Gasteiger partial charge in [0.15, 0.2) is 0 Å². The minimum atomic E-state index is 0.530. The summed E-state index contributed by atoms with van der Waals surface area (Å²) in [6.45, 7) is 4.49. The van der Waals surface area contributed by atoms with Crippen LogP contribution in [-0.2, 0) is 12.8 Å². The van der Waals surface area contributed by atoms with Gasteiger partial charge in [-0.3, -0.25) is 0 Å². The Bertz CT molecular complexity index is 587. The third-order valence-electron chi connectivity index (χ3n) is 3.87. The lowest BCUT2D eigenvalue weighted by molar-refractivity contribution is 0.410. The Labute approximate surface area is 137 Å². The van der Waals surface area contributed by atoms with Crippen molar-refractivity contribution in [3.63, 3.8) is 0 Å². The molecule has 0 amide bonds. The van der Waals surface area contributed by atoms with Crippen LogP contribution in [0.1, 0.15) is 46.0 Å². The van der Waals surface area contributed by atoms with Crippen LogP contribution in [0, 0.1) is 6.92 Å². The van der Waals surface area contributed by atoms with E-state index in [-0.39, 0.29) is 0 Å². The molecule has 0 aromatic carbocycles. The van der Waals surface area contributed by atoms with Crippen LogP contribution in [0.3, 0.4) is 0 Å². The summed E-state index contributed by atoms with van der Waals surface area (Å²) in [7, 11) is 0. The van der Waals surface area contributed by atoms with Crippen LogP contribution in [0.4, 0.5) is 0 Å². The minimum absolute atomic E-state index is 0.530. The van der Waals surface area contributed by atoms with Crippen LogP contribution >= 0.6 is 38.6 Å². The molecule has 2 aromatic rings. The Morgan fingerprint density at radius 3 is 3.00 bits per heavy atom. The Hall–Kier alpha value is -0.160. The second-order valence-corrected chi connectivity index (χ2v) is 9.55. The van der Waals surface area contributed by atoms with Gasteiger partial charge in [0.05, 0.1) is 3.79 Å². The zero-order valence-corrected chi connectivity index (χ0v) is 15.1. The second-order valence-electron chi connectivity index (χ2n) is 5.66. The van der Waals surface area contributed by atoms with E-state index in [0.29, 0.717) is 12.1 Å². The van der Waals surface area contributed by atoms with Gasteiger partial charge in [-0.05, 0) is 79.2 Å². The minimum Gasteiger partial charge on any atom is -0.307 e. The average molecular weight is 370 g/mol. The third-order valence-corrected chi connectivity index (χ3v) is 6.61. The summed E-state index contributed by atoms with van der Waals surface area (Å²) in [5.41, 5.74) is 1.53. The first-order chi connectivity index (χ1) is 9.61. The molecule has 3 rings (SSSR count). The van der Waals surface area contributed by atoms with Crippen molar-refractivity contribution in [1.29, 1.82) is 0 Å². The zero-order chi connectivity index (χ0) is 14.1. The summed E-state index contributed by atoms with van der Waals surface area (Å²) in [6, 6.07) is 7.88. The zero-order valence-electron chi connectivity index (χ0n) is 11.9. The van der Waals surface area contributed by atoms with Crippen molar-refractivity contribution < 1.29 is 0 Å². The van der Waals surface area contributed by atoms with Gasteiger partial charge in [0.25, 0.3) is 0 Å². The Morgan fingerprint density at radius 2 is 2.25 bits per heavy atom. The lowest BCUT2D eigenvalue weighted by Gasteiger charge is -2.27. The van der Waals surface area contributed by atoms with Gasteiger partial charge in [-0.25, -0.2) is 0 Å². The highest BCUT2D eigenvalue weighted by Crippen LogP contribution is 2.38. The highest BCUT2D eigenvalue weighted by molar-refractivity contribution is 9.11. The topological polar surface area (TPSA) is 12.0 Å². The SMILES string of the molecule is Cc1ccc(CC(C)NC2CCCc3sc(Br)cc32)s1. The molecule has 1 N–H and O–H groups in total. The number of thiophene rings is 2. The van der Waals surface area contributed by atoms with Crippen LogP contribution in [-0.4, -0.2) is 6.04 Å². The fourth-order valence-electron chi connectivity index (χ4n) is 2.99. The standard InChI is InChI=1S/C16H20BrNS2/c1-10(8-12-7-6-11(2)19-12)18-14-4-3-5-15-13(14)9-16(17)20-15/h6-7,9-10,14,18H,3-5,8H2,1-2H3. The van der Waals surface area contributed by atoms with Crippen molar-refractivity contribution in [1.82, 2.24) is 5.32 Å². The summed E-state index contributed by atoms with van der Waals surface area (Å²) in [6.07, 6.45) is 4.96. The quantitative estimate of drug-likeness (QED) is 0.752. The number of halogens is 1. The van der Waals surface area contributed by atoms with Crippen molar-refractivity contribution in [2.45, 2.75) is 51.6 Å². The van der Waals surface area contributed by atoms with Crippen molar-refractivity contribution >= 4 is 38.6 Å². The maximum absolute atomic E-state index is 3.84. The summed E-state index contributed by atoms with van der Waals surface area (Å²) < 4.78 is 1.28. The fraction of sp³-hybridized carbons (Fsp3) is 0.500. The molecule has 0 bridgehead atoms. The molecule has 1 nitrogen and oxygen atoms in total. The smallest absolute Gasteiger partial charge is 0.0704 e. The van der Waals surface area contributed by atoms with E-state index >= 15 is 0 Å². The molecule has 2 unspecified atom stereocenters. The van der Waals surface area contributed by atoms with Crippen LogP contribution in [0.15, 0.2) is 22.0 Å². The number of aryl methyl sites for hydroxylation is 2. The van der Waals surface area contributed by atoms with Gasteiger partial charge in [0.1, 0.15) is 0 Å². The third kappa shape index (κ3) is 3.35. The molecule has 0 radical (unpaired) electrons. The molecular weight excluding hydrogens is 350 g/mol. The first kappa shape index (κ1) is 14.8. The molecule has 20 heavy (non-hydrogen) atoms. The first-order valence-electron chi connectivity index (χ1n) is 7.21. The lowest BCUT2D eigenvalue weighted by atomic mass is 9.93. The Kier molecular flexibility index (Phi) is 4.65.